The zero-order valence-electron chi connectivity index (χ0n) is 21.9. The van der Waals surface area contributed by atoms with E-state index in [4.69, 9.17) is 15.5 Å². The van der Waals surface area contributed by atoms with Crippen molar-refractivity contribution in [3.8, 4) is 0 Å². The summed E-state index contributed by atoms with van der Waals surface area (Å²) in [6.45, 7) is 27.6. The van der Waals surface area contributed by atoms with Crippen molar-refractivity contribution in [1.29, 1.82) is 0 Å². The summed E-state index contributed by atoms with van der Waals surface area (Å²) in [4.78, 5) is 0. The molecule has 0 saturated carbocycles. The molecule has 6 heteroatoms. The van der Waals surface area contributed by atoms with Gasteiger partial charge in [-0.3, -0.25) is 0 Å². The molecular formula is C24H56BrN4P. The van der Waals surface area contributed by atoms with E-state index in [0.717, 1.165) is 39.3 Å². The van der Waals surface area contributed by atoms with Crippen LogP contribution in [0.3, 0.4) is 0 Å². The van der Waals surface area contributed by atoms with Gasteiger partial charge in [0.15, 0.2) is 0 Å². The summed E-state index contributed by atoms with van der Waals surface area (Å²) < 4.78 is 11.3. The predicted molar refractivity (Wildman–Crippen MR) is 144 cm³/mol. The Morgan fingerprint density at radius 3 is 0.967 bits per heavy atom. The van der Waals surface area contributed by atoms with Crippen LogP contribution in [0.2, 0.25) is 0 Å². The first kappa shape index (κ1) is 30.8. The summed E-state index contributed by atoms with van der Waals surface area (Å²) in [6, 6.07) is 0. The van der Waals surface area contributed by atoms with Crippen LogP contribution in [-0.2, 0) is 0 Å². The first-order valence-corrected chi connectivity index (χ1v) is 17.2. The van der Waals surface area contributed by atoms with Gasteiger partial charge in [0.05, 0.1) is 0 Å². The molecule has 0 heterocycles. The van der Waals surface area contributed by atoms with Crippen molar-refractivity contribution in [3.63, 3.8) is 0 Å². The van der Waals surface area contributed by atoms with Gasteiger partial charge in [-0.15, -0.1) is 0 Å². The van der Waals surface area contributed by atoms with Crippen LogP contribution in [0.15, 0.2) is 0 Å². The first-order valence-electron chi connectivity index (χ1n) is 13.2. The van der Waals surface area contributed by atoms with Crippen molar-refractivity contribution < 1.29 is 0 Å². The average molecular weight is 512 g/mol. The predicted octanol–water partition coefficient (Wildman–Crippen LogP) is 8.00. The molecule has 0 rings (SSSR count). The van der Waals surface area contributed by atoms with Crippen molar-refractivity contribution in [2.75, 3.05) is 52.4 Å². The van der Waals surface area contributed by atoms with E-state index in [1.165, 1.54) is 64.5 Å². The zero-order valence-corrected chi connectivity index (χ0v) is 24.4. The molecule has 30 heavy (non-hydrogen) atoms. The van der Waals surface area contributed by atoms with E-state index in [-0.39, 0.29) is 0 Å². The second kappa shape index (κ2) is 16.4. The zero-order chi connectivity index (χ0) is 23.1. The monoisotopic (exact) mass is 510 g/mol. The molecule has 0 aromatic rings. The maximum atomic E-state index is 4.69. The Morgan fingerprint density at radius 2 is 0.733 bits per heavy atom. The molecule has 0 amide bonds. The third-order valence-electron chi connectivity index (χ3n) is 6.68. The fraction of sp³-hybridized carbons (Fsp3) is 1.00. The Hall–Kier alpha value is 0.750. The van der Waals surface area contributed by atoms with Crippen molar-refractivity contribution in [2.24, 2.45) is 0 Å². The Bertz CT molecular complexity index is 366. The summed E-state index contributed by atoms with van der Waals surface area (Å²) in [6.07, 6.45) is 10.6. The van der Waals surface area contributed by atoms with E-state index in [0.29, 0.717) is 0 Å². The fourth-order valence-electron chi connectivity index (χ4n) is 5.10. The summed E-state index contributed by atoms with van der Waals surface area (Å²) in [5.41, 5.74) is 0. The minimum atomic E-state index is -2.81. The molecule has 0 fully saturated rings. The van der Waals surface area contributed by atoms with E-state index in [1.54, 1.807) is 0 Å². The number of rotatable bonds is 20. The molecule has 4 nitrogen and oxygen atoms in total. The number of nitrogens with zero attached hydrogens (tertiary/aromatic N) is 4. The molecule has 0 atom stereocenters. The van der Waals surface area contributed by atoms with Gasteiger partial charge >= 0.3 is 199 Å². The van der Waals surface area contributed by atoms with Crippen LogP contribution in [0.5, 0.6) is 0 Å². The molecule has 0 aliphatic carbocycles. The van der Waals surface area contributed by atoms with Crippen LogP contribution in [0, 0.1) is 0 Å². The summed E-state index contributed by atoms with van der Waals surface area (Å²) in [5.74, 6) is -2.81. The molecule has 0 saturated heterocycles. The molecule has 0 unspecified atom stereocenters. The van der Waals surface area contributed by atoms with Crippen LogP contribution in [0.25, 0.3) is 0 Å². The molecule has 0 spiro atoms. The maximum absolute atomic E-state index is 4.69. The van der Waals surface area contributed by atoms with Gasteiger partial charge in [0.25, 0.3) is 0 Å². The summed E-state index contributed by atoms with van der Waals surface area (Å²) in [5, 5.41) is 0. The quantitative estimate of drug-likeness (QED) is 0.121. The molecule has 0 bridgehead atoms. The van der Waals surface area contributed by atoms with Crippen molar-refractivity contribution in [3.05, 3.63) is 0 Å². The van der Waals surface area contributed by atoms with E-state index in [1.807, 2.05) is 0 Å². The van der Waals surface area contributed by atoms with Crippen LogP contribution in [-0.4, -0.2) is 71.0 Å². The van der Waals surface area contributed by atoms with Gasteiger partial charge in [-0.05, 0) is 0 Å². The first-order chi connectivity index (χ1) is 14.4. The Labute approximate surface area is 199 Å². The summed E-state index contributed by atoms with van der Waals surface area (Å²) >= 11 is 4.69. The molecule has 0 radical (unpaired) electrons. The second-order valence-corrected chi connectivity index (χ2v) is 16.1. The van der Waals surface area contributed by atoms with E-state index >= 15 is 0 Å². The number of hydrogen-bond acceptors (Lipinski definition) is 4. The van der Waals surface area contributed by atoms with Gasteiger partial charge in [0.2, 0.25) is 0 Å². The molecule has 184 valence electrons. The van der Waals surface area contributed by atoms with E-state index in [2.05, 4.69) is 74.1 Å². The van der Waals surface area contributed by atoms with Crippen LogP contribution in [0.1, 0.15) is 107 Å². The van der Waals surface area contributed by atoms with Crippen LogP contribution in [0.4, 0.5) is 0 Å². The number of unbranched alkanes of at least 4 members (excludes halogenated alkanes) is 6. The Morgan fingerprint density at radius 1 is 0.433 bits per heavy atom. The van der Waals surface area contributed by atoms with Gasteiger partial charge in [-0.25, -0.2) is 0 Å². The third-order valence-corrected chi connectivity index (χ3v) is 18.0. The van der Waals surface area contributed by atoms with Gasteiger partial charge in [-0.1, -0.05) is 0 Å². The van der Waals surface area contributed by atoms with Gasteiger partial charge in [0.1, 0.15) is 0 Å². The van der Waals surface area contributed by atoms with Crippen LogP contribution >= 0.6 is 21.4 Å². The molecule has 0 aliphatic heterocycles. The minimum absolute atomic E-state index is 1.08. The standard InChI is InChI=1S/C24H56BrN4P/c1-9-17-19-21-23-29(24-22-20-18-10-2)30(25,26(11-3)12-4,27(13-5)14-6)28(15-7)16-8/h9-24H2,1-8H3. The van der Waals surface area contributed by atoms with Crippen molar-refractivity contribution in [1.82, 2.24) is 18.7 Å². The topological polar surface area (TPSA) is 13.0 Å². The van der Waals surface area contributed by atoms with Crippen LogP contribution < -0.4 is 0 Å². The molecule has 0 aliphatic rings. The number of hydrogen-bond donors (Lipinski definition) is 0. The Kier molecular flexibility index (Phi) is 16.8. The average Bonchev–Trinajstić information content (AvgIpc) is 2.75. The SMILES string of the molecule is CCCCCCN(CCCCCC)P(Br)(N(CC)CC)(N(CC)CC)N(CC)CC. The van der Waals surface area contributed by atoms with Gasteiger partial charge < -0.3 is 0 Å². The number of halogens is 1. The molecule has 0 N–H and O–H groups in total. The molecule has 0 aromatic heterocycles. The van der Waals surface area contributed by atoms with Gasteiger partial charge in [0, 0.05) is 0 Å². The molecule has 0 aromatic carbocycles. The van der Waals surface area contributed by atoms with Crippen molar-refractivity contribution >= 4 is 21.4 Å². The normalized spacial score (nSPS) is 14.2. The van der Waals surface area contributed by atoms with E-state index in [9.17, 15) is 0 Å². The third kappa shape index (κ3) is 6.87. The van der Waals surface area contributed by atoms with Gasteiger partial charge in [-0.2, -0.15) is 0 Å². The fourth-order valence-corrected chi connectivity index (χ4v) is 16.1. The summed E-state index contributed by atoms with van der Waals surface area (Å²) in [7, 11) is 0. The molecular weight excluding hydrogens is 455 g/mol. The van der Waals surface area contributed by atoms with Crippen molar-refractivity contribution in [2.45, 2.75) is 107 Å². The Balaban J connectivity index is 6.48. The van der Waals surface area contributed by atoms with E-state index < -0.39 is 5.91 Å². The second-order valence-electron chi connectivity index (χ2n) is 8.33.